The van der Waals surface area contributed by atoms with Gasteiger partial charge in [0.2, 0.25) is 23.6 Å². The summed E-state index contributed by atoms with van der Waals surface area (Å²) in [6.45, 7) is 14.5. The van der Waals surface area contributed by atoms with Gasteiger partial charge in [0.15, 0.2) is 17.3 Å². The second kappa shape index (κ2) is 29.1. The number of benzene rings is 3. The number of amides is 6. The molecule has 83 heavy (non-hydrogen) atoms. The summed E-state index contributed by atoms with van der Waals surface area (Å²) in [5, 5.41) is 26.7. The molecule has 2 saturated heterocycles. The molecular formula is C58H71Cl2FN10O11S. The Kier molecular flexibility index (Phi) is 22.3. The van der Waals surface area contributed by atoms with E-state index in [1.165, 1.54) is 17.0 Å². The zero-order valence-corrected chi connectivity index (χ0v) is 49.7. The molecule has 5 aromatic rings. The van der Waals surface area contributed by atoms with E-state index in [-0.39, 0.29) is 116 Å². The van der Waals surface area contributed by atoms with E-state index in [1.54, 1.807) is 57.8 Å². The molecule has 3 aromatic carbocycles. The fraction of sp³-hybridized carbons (Fsp3) is 0.466. The minimum Gasteiger partial charge on any atom is -0.482 e. The molecule has 6 atom stereocenters. The summed E-state index contributed by atoms with van der Waals surface area (Å²) in [6, 6.07) is 15.5. The highest BCUT2D eigenvalue weighted by Crippen LogP contribution is 2.36. The van der Waals surface area contributed by atoms with Gasteiger partial charge < -0.3 is 60.4 Å². The third kappa shape index (κ3) is 16.9. The maximum absolute atomic E-state index is 14.2. The maximum Gasteiger partial charge on any atom is 0.276 e. The summed E-state index contributed by atoms with van der Waals surface area (Å²) in [5.41, 5.74) is 10.7. The van der Waals surface area contributed by atoms with Gasteiger partial charge in [0, 0.05) is 85.8 Å². The number of likely N-dealkylation sites (tertiary alicyclic amines) is 1. The van der Waals surface area contributed by atoms with Crippen molar-refractivity contribution in [1.29, 1.82) is 0 Å². The maximum atomic E-state index is 14.2. The number of aromatic nitrogens is 3. The van der Waals surface area contributed by atoms with Gasteiger partial charge >= 0.3 is 0 Å². The van der Waals surface area contributed by atoms with Crippen molar-refractivity contribution in [2.75, 3.05) is 70.3 Å². The number of aliphatic hydroxyl groups excluding tert-OH is 1. The molecule has 0 saturated carbocycles. The Morgan fingerprint density at radius 2 is 1.57 bits per heavy atom. The van der Waals surface area contributed by atoms with Crippen LogP contribution < -0.4 is 26.4 Å². The number of nitrogens with one attached hydrogen (secondary N) is 3. The van der Waals surface area contributed by atoms with Crippen LogP contribution in [0.5, 0.6) is 5.75 Å². The summed E-state index contributed by atoms with van der Waals surface area (Å²) in [7, 11) is 0. The number of rotatable bonds is 24. The second-order valence-corrected chi connectivity index (χ2v) is 23.2. The van der Waals surface area contributed by atoms with Gasteiger partial charge in [-0.2, -0.15) is 0 Å². The highest BCUT2D eigenvalue weighted by molar-refractivity contribution is 7.13. The number of nitrogens with zero attached hydrogens (tertiary/aromatic N) is 6. The number of anilines is 2. The third-order valence-corrected chi connectivity index (χ3v) is 15.7. The van der Waals surface area contributed by atoms with E-state index in [0.29, 0.717) is 37.4 Å². The smallest absolute Gasteiger partial charge is 0.276 e. The van der Waals surface area contributed by atoms with Crippen LogP contribution in [0.25, 0.3) is 10.4 Å². The second-order valence-electron chi connectivity index (χ2n) is 21.6. The van der Waals surface area contributed by atoms with Crippen LogP contribution in [0.2, 0.25) is 10.0 Å². The van der Waals surface area contributed by atoms with Gasteiger partial charge in [0.25, 0.3) is 11.8 Å². The van der Waals surface area contributed by atoms with E-state index in [4.69, 9.17) is 47.9 Å². The Morgan fingerprint density at radius 3 is 2.23 bits per heavy atom. The number of nitrogen functional groups attached to an aromatic ring is 1. The Morgan fingerprint density at radius 1 is 0.892 bits per heavy atom. The SMILES string of the molecule is Cc1ncsc1-c1ccc(CNC(=O)[C@@H]2C[C@@H](O)CN2C(=O)[C@@H](NC(=O)COCCCOCCOCCC(=O)N2[C@H](C)CN(C(=O)c3ccc(NC(=O)c4cc(O[C@H](C)c5c(Cl)ccc(F)c5Cl)c(N)nn4)cc3)C[C@@H]2C)C(C)(C)C)cc1. The average molecular weight is 1210 g/mol. The van der Waals surface area contributed by atoms with Gasteiger partial charge in [-0.3, -0.25) is 28.8 Å². The monoisotopic (exact) mass is 1200 g/mol. The van der Waals surface area contributed by atoms with Gasteiger partial charge in [-0.1, -0.05) is 68.2 Å². The standard InChI is InChI=1S/C58H71Cl2FN10O11S/c1-33-28-69(56(77)39-13-15-40(16-14-39)65-54(75)44-26-46(53(62)68-67-44)82-36(4)49-42(59)17-18-43(61)50(49)60)29-34(2)71(33)48(74)19-22-80-24-23-79-20-8-21-81-31-47(73)66-52(58(5,6)7)57(78)70-30-41(72)25-45(70)55(76)63-27-37-9-11-38(12-10-37)51-35(3)64-32-83-51/h9-18,26,32-34,36,41,45,52,72H,8,19-25,27-31H2,1-7H3,(H2,62,68)(H,63,76)(H,65,75)(H,66,73)/t33-,34+,36-,41-,45+,52-/m1/s1. The van der Waals surface area contributed by atoms with Crippen LogP contribution in [0.3, 0.4) is 0 Å². The molecule has 0 spiro atoms. The van der Waals surface area contributed by atoms with Crippen LogP contribution in [0.15, 0.2) is 72.2 Å². The summed E-state index contributed by atoms with van der Waals surface area (Å²) in [6.07, 6.45) is -1.07. The lowest BCUT2D eigenvalue weighted by Crippen LogP contribution is -2.59. The van der Waals surface area contributed by atoms with Crippen LogP contribution in [0.1, 0.15) is 105 Å². The quantitative estimate of drug-likeness (QED) is 0.0307. The number of piperazine rings is 1. The number of aryl methyl sites for hydroxylation is 1. The van der Waals surface area contributed by atoms with Crippen molar-refractivity contribution < 1.29 is 57.2 Å². The fourth-order valence-electron chi connectivity index (χ4n) is 9.83. The summed E-state index contributed by atoms with van der Waals surface area (Å²) in [5.74, 6) is -3.14. The van der Waals surface area contributed by atoms with Crippen molar-refractivity contribution in [3.8, 4) is 16.2 Å². The summed E-state index contributed by atoms with van der Waals surface area (Å²) in [4.78, 5) is 90.9. The number of hydrogen-bond acceptors (Lipinski definition) is 16. The number of aliphatic hydroxyl groups is 1. The molecule has 2 fully saturated rings. The molecule has 0 unspecified atom stereocenters. The Balaban J connectivity index is 0.752. The molecule has 6 N–H and O–H groups in total. The highest BCUT2D eigenvalue weighted by Gasteiger charge is 2.44. The summed E-state index contributed by atoms with van der Waals surface area (Å²) >= 11 is 14.0. The van der Waals surface area contributed by atoms with E-state index in [1.807, 2.05) is 65.8 Å². The molecule has 6 amide bonds. The van der Waals surface area contributed by atoms with Gasteiger partial charge in [-0.05, 0) is 87.1 Å². The highest BCUT2D eigenvalue weighted by atomic mass is 35.5. The molecule has 25 heteroatoms. The molecule has 0 aliphatic carbocycles. The van der Waals surface area contributed by atoms with Gasteiger partial charge in [0.05, 0.1) is 53.4 Å². The van der Waals surface area contributed by atoms with E-state index < -0.39 is 59.2 Å². The van der Waals surface area contributed by atoms with Crippen LogP contribution >= 0.6 is 34.5 Å². The first-order valence-corrected chi connectivity index (χ1v) is 28.9. The lowest BCUT2D eigenvalue weighted by molar-refractivity contribution is -0.144. The lowest BCUT2D eigenvalue weighted by Gasteiger charge is -2.44. The topological polar surface area (TPSA) is 270 Å². The number of ether oxygens (including phenoxy) is 4. The van der Waals surface area contributed by atoms with Crippen molar-refractivity contribution in [1.82, 2.24) is 40.5 Å². The molecule has 7 rings (SSSR count). The number of hydrogen-bond donors (Lipinski definition) is 5. The number of carbonyl (C=O) groups is 6. The van der Waals surface area contributed by atoms with E-state index >= 15 is 0 Å². The Hall–Kier alpha value is -6.86. The van der Waals surface area contributed by atoms with Crippen molar-refractivity contribution in [3.63, 3.8) is 0 Å². The van der Waals surface area contributed by atoms with E-state index in [9.17, 15) is 38.3 Å². The van der Waals surface area contributed by atoms with Gasteiger partial charge in [-0.15, -0.1) is 21.5 Å². The zero-order valence-electron chi connectivity index (χ0n) is 47.4. The van der Waals surface area contributed by atoms with Gasteiger partial charge in [-0.25, -0.2) is 9.37 Å². The number of β-amino-alcohol motifs (C(OH)–C–C–N with tert-alkyl or cyclic N) is 1. The predicted molar refractivity (Wildman–Crippen MR) is 311 cm³/mol. The zero-order chi connectivity index (χ0) is 60.1. The molecule has 0 bridgehead atoms. The Labute approximate surface area is 495 Å². The van der Waals surface area contributed by atoms with Crippen LogP contribution in [-0.2, 0) is 39.9 Å². The molecule has 446 valence electrons. The molecule has 4 heterocycles. The number of nitrogens with two attached hydrogens (primary N) is 1. The molecular weight excluding hydrogens is 1130 g/mol. The van der Waals surface area contributed by atoms with Crippen LogP contribution in [0.4, 0.5) is 15.9 Å². The predicted octanol–water partition coefficient (Wildman–Crippen LogP) is 7.03. The minimum absolute atomic E-state index is 0.00142. The number of thiazole rings is 1. The molecule has 2 aliphatic heterocycles. The fourth-order valence-corrected chi connectivity index (χ4v) is 11.3. The van der Waals surface area contributed by atoms with E-state index in [0.717, 1.165) is 27.8 Å². The Bertz CT molecular complexity index is 3080. The number of carbonyl (C=O) groups excluding carboxylic acids is 6. The molecule has 0 radical (unpaired) electrons. The van der Waals surface area contributed by atoms with Crippen molar-refractivity contribution >= 4 is 81.5 Å². The lowest BCUT2D eigenvalue weighted by atomic mass is 9.85. The number of halogens is 3. The first-order chi connectivity index (χ1) is 39.5. The first kappa shape index (κ1) is 63.7. The van der Waals surface area contributed by atoms with Crippen molar-refractivity contribution in [2.24, 2.45) is 5.41 Å². The minimum atomic E-state index is -0.994. The van der Waals surface area contributed by atoms with Crippen LogP contribution in [-0.4, -0.2) is 160 Å². The van der Waals surface area contributed by atoms with Crippen LogP contribution in [0, 0.1) is 18.2 Å². The van der Waals surface area contributed by atoms with Crippen molar-refractivity contribution in [2.45, 2.75) is 111 Å². The molecule has 21 nitrogen and oxygen atoms in total. The van der Waals surface area contributed by atoms with Crippen molar-refractivity contribution in [3.05, 3.63) is 116 Å². The third-order valence-electron chi connectivity index (χ3n) is 14.0. The molecule has 2 aromatic heterocycles. The summed E-state index contributed by atoms with van der Waals surface area (Å²) < 4.78 is 37.0. The van der Waals surface area contributed by atoms with Gasteiger partial charge in [0.1, 0.15) is 30.6 Å². The first-order valence-electron chi connectivity index (χ1n) is 27.2. The normalized spacial score (nSPS) is 17.9. The molecule has 2 aliphatic rings. The van der Waals surface area contributed by atoms with E-state index in [2.05, 4.69) is 31.1 Å². The average Bonchev–Trinajstić information content (AvgIpc) is 4.23. The largest absolute Gasteiger partial charge is 0.482 e.